The Morgan fingerprint density at radius 1 is 1.10 bits per heavy atom. The number of carbonyl (C=O) groups is 1. The van der Waals surface area contributed by atoms with Gasteiger partial charge < -0.3 is 0 Å². The number of benzene rings is 2. The average molecular weight is 332 g/mol. The molecule has 2 aromatic carbocycles. The molecule has 103 valence electrons. The molecule has 0 saturated heterocycles. The molecule has 0 aliphatic heterocycles. The number of amides is 1. The van der Waals surface area contributed by atoms with Gasteiger partial charge in [-0.25, -0.2) is 0 Å². The molecule has 4 heteroatoms. The number of fused-ring (bicyclic) bond motifs is 1. The summed E-state index contributed by atoms with van der Waals surface area (Å²) in [7, 11) is 0. The number of aliphatic imine (C=N–C) groups is 1. The van der Waals surface area contributed by atoms with E-state index in [0.29, 0.717) is 10.3 Å². The normalized spacial score (nSPS) is 11.6. The van der Waals surface area contributed by atoms with Crippen LogP contribution in [0.25, 0.3) is 10.8 Å². The maximum absolute atomic E-state index is 12.2. The number of hydrogen-bond acceptors (Lipinski definition) is 1. The van der Waals surface area contributed by atoms with Crippen LogP contribution in [0.2, 0.25) is 0 Å². The van der Waals surface area contributed by atoms with Crippen LogP contribution in [-0.4, -0.2) is 44.6 Å². The summed E-state index contributed by atoms with van der Waals surface area (Å²) in [5, 5.41) is 2.18. The quantitative estimate of drug-likeness (QED) is 0.492. The van der Waals surface area contributed by atoms with Crippen molar-refractivity contribution >= 4 is 37.4 Å². The van der Waals surface area contributed by atoms with Crippen molar-refractivity contribution in [1.29, 1.82) is 0 Å². The van der Waals surface area contributed by atoms with Gasteiger partial charge in [0.15, 0.2) is 0 Å². The summed E-state index contributed by atoms with van der Waals surface area (Å²) < 4.78 is 0.646. The van der Waals surface area contributed by atoms with Crippen LogP contribution in [0.15, 0.2) is 47.5 Å². The van der Waals surface area contributed by atoms with Gasteiger partial charge in [0.2, 0.25) is 0 Å². The van der Waals surface area contributed by atoms with Crippen molar-refractivity contribution in [3.63, 3.8) is 0 Å². The molecule has 1 radical (unpaired) electrons. The van der Waals surface area contributed by atoms with Gasteiger partial charge >= 0.3 is 127 Å². The van der Waals surface area contributed by atoms with Crippen molar-refractivity contribution in [1.82, 2.24) is 4.90 Å². The fourth-order valence-corrected chi connectivity index (χ4v) is 2.75. The van der Waals surface area contributed by atoms with Gasteiger partial charge in [-0.2, -0.15) is 0 Å². The summed E-state index contributed by atoms with van der Waals surface area (Å²) in [5.41, 5.74) is 0.614. The minimum atomic E-state index is -0.212. The summed E-state index contributed by atoms with van der Waals surface area (Å²) >= 11 is 2.87. The van der Waals surface area contributed by atoms with Crippen LogP contribution in [0.1, 0.15) is 24.2 Å². The predicted octanol–water partition coefficient (Wildman–Crippen LogP) is 2.85. The zero-order chi connectivity index (χ0) is 14.5. The van der Waals surface area contributed by atoms with Crippen molar-refractivity contribution in [3.05, 3.63) is 48.0 Å². The van der Waals surface area contributed by atoms with E-state index in [1.54, 1.807) is 0 Å². The molecule has 0 unspecified atom stereocenters. The first-order chi connectivity index (χ1) is 9.65. The molecule has 0 aliphatic rings. The molecule has 2 aromatic rings. The fraction of sp³-hybridized carbons (Fsp3) is 0.250. The first-order valence-electron chi connectivity index (χ1n) is 6.69. The van der Waals surface area contributed by atoms with Crippen LogP contribution in [-0.2, 0) is 0 Å². The van der Waals surface area contributed by atoms with E-state index in [4.69, 9.17) is 0 Å². The summed E-state index contributed by atoms with van der Waals surface area (Å²) in [5.74, 6) is -0.212. The Hall–Kier alpha value is -1.64. The second-order valence-electron chi connectivity index (χ2n) is 4.43. The Morgan fingerprint density at radius 2 is 1.75 bits per heavy atom. The van der Waals surface area contributed by atoms with E-state index in [9.17, 15) is 4.79 Å². The van der Waals surface area contributed by atoms with Gasteiger partial charge in [0.05, 0.1) is 0 Å². The van der Waals surface area contributed by atoms with Gasteiger partial charge in [-0.05, 0) is 0 Å². The maximum atomic E-state index is 12.2. The zero-order valence-electron chi connectivity index (χ0n) is 11.7. The molecule has 0 atom stereocenters. The molecule has 0 aromatic heterocycles. The Bertz CT molecular complexity index is 648. The van der Waals surface area contributed by atoms with Crippen LogP contribution >= 0.6 is 0 Å². The standard InChI is InChI=1S/C16H17N2OSe/c1-3-18(4-2)16(20)17-15(19)14-10-9-12-7-5-6-8-13(12)11-14/h5-11H,3-4H2,1-2H3. The molecule has 0 bridgehead atoms. The van der Waals surface area contributed by atoms with Crippen LogP contribution < -0.4 is 0 Å². The van der Waals surface area contributed by atoms with Gasteiger partial charge in [-0.15, -0.1) is 0 Å². The third kappa shape index (κ3) is 3.27. The van der Waals surface area contributed by atoms with Gasteiger partial charge in [-0.1, -0.05) is 0 Å². The molecule has 3 nitrogen and oxygen atoms in total. The third-order valence-corrected chi connectivity index (χ3v) is 3.96. The summed E-state index contributed by atoms with van der Waals surface area (Å²) in [6.07, 6.45) is 0. The Balaban J connectivity index is 2.29. The van der Waals surface area contributed by atoms with Crippen molar-refractivity contribution in [2.45, 2.75) is 13.8 Å². The van der Waals surface area contributed by atoms with Crippen LogP contribution in [0.3, 0.4) is 0 Å². The molecule has 2 rings (SSSR count). The van der Waals surface area contributed by atoms with Crippen LogP contribution in [0.4, 0.5) is 0 Å². The third-order valence-electron chi connectivity index (χ3n) is 3.23. The number of rotatable bonds is 3. The van der Waals surface area contributed by atoms with Crippen molar-refractivity contribution in [2.75, 3.05) is 13.1 Å². The molecule has 0 fully saturated rings. The molecule has 0 N–H and O–H groups in total. The van der Waals surface area contributed by atoms with Gasteiger partial charge in [-0.3, -0.25) is 0 Å². The number of amidine groups is 1. The van der Waals surface area contributed by atoms with Gasteiger partial charge in [0, 0.05) is 0 Å². The molecular formula is C16H17N2OSe. The Labute approximate surface area is 127 Å². The summed E-state index contributed by atoms with van der Waals surface area (Å²) in [4.78, 5) is 18.4. The average Bonchev–Trinajstić information content (AvgIpc) is 2.48. The topological polar surface area (TPSA) is 32.7 Å². The molecule has 0 spiro atoms. The minimum absolute atomic E-state index is 0.212. The first-order valence-corrected chi connectivity index (χ1v) is 7.55. The Morgan fingerprint density at radius 3 is 2.40 bits per heavy atom. The second-order valence-corrected chi connectivity index (χ2v) is 5.20. The van der Waals surface area contributed by atoms with E-state index in [-0.39, 0.29) is 5.91 Å². The first kappa shape index (κ1) is 14.8. The molecule has 0 saturated carbocycles. The Kier molecular flexibility index (Phi) is 4.94. The number of hydrogen-bond donors (Lipinski definition) is 0. The molecule has 0 heterocycles. The predicted molar refractivity (Wildman–Crippen MR) is 84.4 cm³/mol. The zero-order valence-corrected chi connectivity index (χ0v) is 13.4. The van der Waals surface area contributed by atoms with Gasteiger partial charge in [0.1, 0.15) is 0 Å². The van der Waals surface area contributed by atoms with Gasteiger partial charge in [0.25, 0.3) is 0 Å². The van der Waals surface area contributed by atoms with E-state index < -0.39 is 0 Å². The van der Waals surface area contributed by atoms with E-state index in [1.807, 2.05) is 61.2 Å². The SMILES string of the molecule is CCN(CC)C([Se])=NC(=O)c1ccc2ccccc2c1. The molecule has 1 amide bonds. The van der Waals surface area contributed by atoms with E-state index in [2.05, 4.69) is 21.0 Å². The van der Waals surface area contributed by atoms with E-state index in [0.717, 1.165) is 23.9 Å². The summed E-state index contributed by atoms with van der Waals surface area (Å²) in [6, 6.07) is 13.6. The van der Waals surface area contributed by atoms with E-state index >= 15 is 0 Å². The fourth-order valence-electron chi connectivity index (χ4n) is 2.04. The molecule has 20 heavy (non-hydrogen) atoms. The van der Waals surface area contributed by atoms with Crippen molar-refractivity contribution in [2.24, 2.45) is 4.99 Å². The summed E-state index contributed by atoms with van der Waals surface area (Å²) in [6.45, 7) is 5.73. The molecule has 0 aliphatic carbocycles. The number of nitrogens with zero attached hydrogens (tertiary/aromatic N) is 2. The van der Waals surface area contributed by atoms with Crippen molar-refractivity contribution < 1.29 is 4.79 Å². The number of carbonyl (C=O) groups excluding carboxylic acids is 1. The van der Waals surface area contributed by atoms with Crippen LogP contribution in [0, 0.1) is 0 Å². The molecular weight excluding hydrogens is 315 g/mol. The van der Waals surface area contributed by atoms with Crippen LogP contribution in [0.5, 0.6) is 0 Å². The van der Waals surface area contributed by atoms with E-state index in [1.165, 1.54) is 0 Å². The second kappa shape index (κ2) is 6.69. The van der Waals surface area contributed by atoms with Crippen molar-refractivity contribution in [3.8, 4) is 0 Å². The monoisotopic (exact) mass is 333 g/mol.